The van der Waals surface area contributed by atoms with Crippen molar-refractivity contribution in [2.45, 2.75) is 31.7 Å². The lowest BCUT2D eigenvalue weighted by Gasteiger charge is -2.11. The third kappa shape index (κ3) is 3.70. The Morgan fingerprint density at radius 2 is 2.00 bits per heavy atom. The number of oxazole rings is 1. The highest BCUT2D eigenvalue weighted by atomic mass is 16.3. The number of hydrogen-bond donors (Lipinski definition) is 2. The Morgan fingerprint density at radius 1 is 1.24 bits per heavy atom. The summed E-state index contributed by atoms with van der Waals surface area (Å²) in [4.78, 5) is 15.8. The molecule has 2 aromatic rings. The first-order chi connectivity index (χ1) is 10.3. The molecule has 1 fully saturated rings. The predicted molar refractivity (Wildman–Crippen MR) is 80.8 cm³/mol. The van der Waals surface area contributed by atoms with E-state index < -0.39 is 0 Å². The van der Waals surface area contributed by atoms with E-state index in [1.165, 1.54) is 32.1 Å². The zero-order valence-corrected chi connectivity index (χ0v) is 11.8. The summed E-state index contributed by atoms with van der Waals surface area (Å²) in [6.45, 7) is 0.370. The van der Waals surface area contributed by atoms with Crippen LogP contribution in [0.5, 0.6) is 0 Å². The van der Waals surface area contributed by atoms with Gasteiger partial charge in [-0.1, -0.05) is 12.8 Å². The van der Waals surface area contributed by atoms with Gasteiger partial charge in [0.05, 0.1) is 12.7 Å². The first-order valence-electron chi connectivity index (χ1n) is 7.33. The average molecular weight is 285 g/mol. The van der Waals surface area contributed by atoms with Gasteiger partial charge in [-0.15, -0.1) is 0 Å². The third-order valence-corrected chi connectivity index (χ3v) is 3.79. The molecule has 0 saturated heterocycles. The van der Waals surface area contributed by atoms with Gasteiger partial charge in [-0.05, 0) is 37.1 Å². The molecular weight excluding hydrogens is 266 g/mol. The average Bonchev–Trinajstić information content (AvgIpc) is 3.19. The number of nitrogens with zero attached hydrogens (tertiary/aromatic N) is 1. The summed E-state index contributed by atoms with van der Waals surface area (Å²) in [6.07, 6.45) is 7.96. The molecule has 2 N–H and O–H groups in total. The largest absolute Gasteiger partial charge is 0.444 e. The van der Waals surface area contributed by atoms with Crippen molar-refractivity contribution in [3.63, 3.8) is 0 Å². The van der Waals surface area contributed by atoms with E-state index in [1.807, 2.05) is 24.3 Å². The first-order valence-corrected chi connectivity index (χ1v) is 7.33. The highest BCUT2D eigenvalue weighted by molar-refractivity contribution is 5.92. The van der Waals surface area contributed by atoms with Gasteiger partial charge in [0.15, 0.2) is 12.2 Å². The van der Waals surface area contributed by atoms with Crippen molar-refractivity contribution in [3.05, 3.63) is 36.9 Å². The Balaban J connectivity index is 1.51. The minimum absolute atomic E-state index is 0.00526. The SMILES string of the molecule is O=C(CNC1CCCC1)Nc1ccc(-c2cnco2)cc1. The number of benzene rings is 1. The van der Waals surface area contributed by atoms with Gasteiger partial charge in [0.25, 0.3) is 0 Å². The third-order valence-electron chi connectivity index (χ3n) is 3.79. The topological polar surface area (TPSA) is 67.2 Å². The highest BCUT2D eigenvalue weighted by Crippen LogP contribution is 2.20. The summed E-state index contributed by atoms with van der Waals surface area (Å²) in [5, 5.41) is 6.19. The molecule has 0 atom stereocenters. The van der Waals surface area contributed by atoms with E-state index >= 15 is 0 Å². The molecule has 1 heterocycles. The van der Waals surface area contributed by atoms with Crippen LogP contribution >= 0.6 is 0 Å². The lowest BCUT2D eigenvalue weighted by Crippen LogP contribution is -2.34. The summed E-state index contributed by atoms with van der Waals surface area (Å²) in [6, 6.07) is 8.04. The van der Waals surface area contributed by atoms with Crippen molar-refractivity contribution < 1.29 is 9.21 Å². The Kier molecular flexibility index (Phi) is 4.31. The molecule has 0 radical (unpaired) electrons. The fourth-order valence-corrected chi connectivity index (χ4v) is 2.65. The van der Waals surface area contributed by atoms with Crippen LogP contribution in [0.15, 0.2) is 41.3 Å². The molecule has 1 aromatic carbocycles. The maximum Gasteiger partial charge on any atom is 0.238 e. The number of carbonyl (C=O) groups is 1. The minimum atomic E-state index is -0.00526. The molecule has 1 amide bonds. The van der Waals surface area contributed by atoms with E-state index in [0.717, 1.165) is 17.0 Å². The van der Waals surface area contributed by atoms with Gasteiger partial charge >= 0.3 is 0 Å². The van der Waals surface area contributed by atoms with Crippen LogP contribution in [0.2, 0.25) is 0 Å². The quantitative estimate of drug-likeness (QED) is 0.886. The summed E-state index contributed by atoms with van der Waals surface area (Å²) >= 11 is 0. The van der Waals surface area contributed by atoms with Crippen LogP contribution in [0.3, 0.4) is 0 Å². The zero-order chi connectivity index (χ0) is 14.5. The van der Waals surface area contributed by atoms with E-state index in [9.17, 15) is 4.79 Å². The van der Waals surface area contributed by atoms with Gasteiger partial charge < -0.3 is 15.1 Å². The molecule has 0 aliphatic heterocycles. The Bertz CT molecular complexity index is 572. The number of hydrogen-bond acceptors (Lipinski definition) is 4. The molecule has 110 valence electrons. The van der Waals surface area contributed by atoms with Crippen molar-refractivity contribution in [1.29, 1.82) is 0 Å². The lowest BCUT2D eigenvalue weighted by molar-refractivity contribution is -0.115. The van der Waals surface area contributed by atoms with Crippen LogP contribution in [-0.4, -0.2) is 23.5 Å². The number of anilines is 1. The number of rotatable bonds is 5. The summed E-state index contributed by atoms with van der Waals surface area (Å²) in [7, 11) is 0. The van der Waals surface area contributed by atoms with Crippen LogP contribution in [0.25, 0.3) is 11.3 Å². The van der Waals surface area contributed by atoms with Gasteiger partial charge in [-0.25, -0.2) is 4.98 Å². The van der Waals surface area contributed by atoms with Gasteiger partial charge in [-0.2, -0.15) is 0 Å². The molecule has 5 heteroatoms. The predicted octanol–water partition coefficient (Wildman–Crippen LogP) is 2.81. The van der Waals surface area contributed by atoms with Crippen LogP contribution in [0.1, 0.15) is 25.7 Å². The Morgan fingerprint density at radius 3 is 2.67 bits per heavy atom. The van der Waals surface area contributed by atoms with Crippen molar-refractivity contribution in [3.8, 4) is 11.3 Å². The Labute approximate surface area is 123 Å². The number of carbonyl (C=O) groups excluding carboxylic acids is 1. The monoisotopic (exact) mass is 285 g/mol. The van der Waals surface area contributed by atoms with Gasteiger partial charge in [0, 0.05) is 17.3 Å². The number of amides is 1. The van der Waals surface area contributed by atoms with Crippen LogP contribution in [-0.2, 0) is 4.79 Å². The number of aromatic nitrogens is 1. The lowest BCUT2D eigenvalue weighted by atomic mass is 10.1. The molecule has 5 nitrogen and oxygen atoms in total. The minimum Gasteiger partial charge on any atom is -0.444 e. The maximum atomic E-state index is 11.9. The van der Waals surface area contributed by atoms with E-state index in [0.29, 0.717) is 12.6 Å². The van der Waals surface area contributed by atoms with Crippen molar-refractivity contribution in [2.75, 3.05) is 11.9 Å². The first kappa shape index (κ1) is 13.8. The van der Waals surface area contributed by atoms with Gasteiger partial charge in [0.2, 0.25) is 5.91 Å². The van der Waals surface area contributed by atoms with Crippen molar-refractivity contribution in [1.82, 2.24) is 10.3 Å². The summed E-state index contributed by atoms with van der Waals surface area (Å²) < 4.78 is 5.23. The molecular formula is C16H19N3O2. The van der Waals surface area contributed by atoms with E-state index in [2.05, 4.69) is 15.6 Å². The van der Waals surface area contributed by atoms with E-state index in [4.69, 9.17) is 4.42 Å². The van der Waals surface area contributed by atoms with Gasteiger partial charge in [-0.3, -0.25) is 4.79 Å². The fourth-order valence-electron chi connectivity index (χ4n) is 2.65. The van der Waals surface area contributed by atoms with E-state index in [-0.39, 0.29) is 5.91 Å². The second-order valence-corrected chi connectivity index (χ2v) is 5.35. The smallest absolute Gasteiger partial charge is 0.238 e. The molecule has 0 spiro atoms. The van der Waals surface area contributed by atoms with Crippen LogP contribution < -0.4 is 10.6 Å². The molecule has 1 saturated carbocycles. The highest BCUT2D eigenvalue weighted by Gasteiger charge is 2.15. The van der Waals surface area contributed by atoms with E-state index in [1.54, 1.807) is 6.20 Å². The Hall–Kier alpha value is -2.14. The summed E-state index contributed by atoms with van der Waals surface area (Å²) in [5.41, 5.74) is 1.73. The fraction of sp³-hybridized carbons (Fsp3) is 0.375. The second kappa shape index (κ2) is 6.54. The molecule has 1 aliphatic carbocycles. The molecule has 3 rings (SSSR count). The summed E-state index contributed by atoms with van der Waals surface area (Å²) in [5.74, 6) is 0.713. The zero-order valence-electron chi connectivity index (χ0n) is 11.8. The van der Waals surface area contributed by atoms with Crippen LogP contribution in [0.4, 0.5) is 5.69 Å². The molecule has 21 heavy (non-hydrogen) atoms. The van der Waals surface area contributed by atoms with Crippen molar-refractivity contribution >= 4 is 11.6 Å². The number of nitrogens with one attached hydrogen (secondary N) is 2. The van der Waals surface area contributed by atoms with Crippen LogP contribution in [0, 0.1) is 0 Å². The molecule has 1 aliphatic rings. The molecule has 1 aromatic heterocycles. The molecule has 0 unspecified atom stereocenters. The standard InChI is InChI=1S/C16H19N3O2/c20-16(10-18-13-3-1-2-4-13)19-14-7-5-12(6-8-14)15-9-17-11-21-15/h5-9,11,13,18H,1-4,10H2,(H,19,20). The molecule has 0 bridgehead atoms. The maximum absolute atomic E-state index is 11.9. The van der Waals surface area contributed by atoms with Crippen molar-refractivity contribution in [2.24, 2.45) is 0 Å². The normalized spacial score (nSPS) is 15.2. The second-order valence-electron chi connectivity index (χ2n) is 5.35. The van der Waals surface area contributed by atoms with Gasteiger partial charge in [0.1, 0.15) is 0 Å².